The van der Waals surface area contributed by atoms with Crippen molar-refractivity contribution >= 4 is 28.7 Å². The molecule has 8 nitrogen and oxygen atoms in total. The molecule has 1 aliphatic heterocycles. The minimum absolute atomic E-state index is 0.0357. The number of amides is 1. The molecule has 12 heteroatoms. The maximum atomic E-state index is 13.9. The van der Waals surface area contributed by atoms with Crippen LogP contribution in [0.25, 0.3) is 5.69 Å². The number of aromatic nitrogens is 4. The Morgan fingerprint density at radius 2 is 1.94 bits per heavy atom. The molecular formula is C23H21F3N6O2S. The molecule has 0 bridgehead atoms. The topological polar surface area (TPSA) is 85.9 Å². The summed E-state index contributed by atoms with van der Waals surface area (Å²) in [6.45, 7) is 1.68. The number of fused-ring (bicyclic) bond motifs is 1. The van der Waals surface area contributed by atoms with Crippen molar-refractivity contribution in [2.24, 2.45) is 7.05 Å². The van der Waals surface area contributed by atoms with Crippen molar-refractivity contribution in [2.75, 3.05) is 10.6 Å². The molecule has 3 aromatic heterocycles. The zero-order valence-electron chi connectivity index (χ0n) is 18.7. The first-order valence-corrected chi connectivity index (χ1v) is 11.6. The van der Waals surface area contributed by atoms with Gasteiger partial charge in [0.05, 0.1) is 23.6 Å². The fourth-order valence-electron chi connectivity index (χ4n) is 4.30. The molecule has 0 radical (unpaired) electrons. The number of alkyl halides is 3. The molecule has 4 aromatic rings. The predicted molar refractivity (Wildman–Crippen MR) is 126 cm³/mol. The Morgan fingerprint density at radius 1 is 1.20 bits per heavy atom. The van der Waals surface area contributed by atoms with Crippen LogP contribution in [0.2, 0.25) is 0 Å². The summed E-state index contributed by atoms with van der Waals surface area (Å²) in [6, 6.07) is 9.90. The van der Waals surface area contributed by atoms with Crippen molar-refractivity contribution in [1.82, 2.24) is 19.1 Å². The number of anilines is 2. The third-order valence-electron chi connectivity index (χ3n) is 6.16. The average Bonchev–Trinajstić information content (AvgIpc) is 3.55. The Bertz CT molecular complexity index is 1440. The molecule has 182 valence electrons. The summed E-state index contributed by atoms with van der Waals surface area (Å²) in [6.07, 6.45) is -3.70. The van der Waals surface area contributed by atoms with E-state index in [2.05, 4.69) is 15.7 Å². The van der Waals surface area contributed by atoms with Crippen LogP contribution in [0.15, 0.2) is 58.8 Å². The molecule has 0 spiro atoms. The number of carbonyl (C=O) groups excluding carboxylic acids is 1. The molecule has 1 aliphatic rings. The number of benzene rings is 1. The Morgan fingerprint density at radius 3 is 2.60 bits per heavy atom. The van der Waals surface area contributed by atoms with E-state index in [1.165, 1.54) is 16.0 Å². The molecule has 0 saturated heterocycles. The van der Waals surface area contributed by atoms with E-state index in [1.54, 1.807) is 60.4 Å². The number of hydrogen-bond donors (Lipinski definition) is 2. The summed E-state index contributed by atoms with van der Waals surface area (Å²) in [5, 5.41) is 11.3. The predicted octanol–water partition coefficient (Wildman–Crippen LogP) is 4.66. The van der Waals surface area contributed by atoms with E-state index >= 15 is 0 Å². The molecule has 1 amide bonds. The molecule has 5 rings (SSSR count). The van der Waals surface area contributed by atoms with Crippen molar-refractivity contribution < 1.29 is 18.0 Å². The quantitative estimate of drug-likeness (QED) is 0.425. The van der Waals surface area contributed by atoms with Gasteiger partial charge in [0.2, 0.25) is 0 Å². The second-order valence-electron chi connectivity index (χ2n) is 8.25. The Hall–Kier alpha value is -3.80. The highest BCUT2D eigenvalue weighted by Crippen LogP contribution is 2.45. The summed E-state index contributed by atoms with van der Waals surface area (Å²) in [5.74, 6) is -0.760. The van der Waals surface area contributed by atoms with E-state index < -0.39 is 29.7 Å². The maximum absolute atomic E-state index is 13.9. The van der Waals surface area contributed by atoms with E-state index in [0.29, 0.717) is 11.4 Å². The van der Waals surface area contributed by atoms with Gasteiger partial charge in [-0.2, -0.15) is 18.3 Å². The second kappa shape index (κ2) is 8.45. The van der Waals surface area contributed by atoms with Crippen LogP contribution in [0.1, 0.15) is 39.4 Å². The van der Waals surface area contributed by atoms with Crippen molar-refractivity contribution in [3.05, 3.63) is 80.5 Å². The van der Waals surface area contributed by atoms with Crippen molar-refractivity contribution in [1.29, 1.82) is 0 Å². The molecule has 0 aliphatic carbocycles. The summed E-state index contributed by atoms with van der Waals surface area (Å²) >= 11 is 1.34. The monoisotopic (exact) mass is 502 g/mol. The SMILES string of the molecule is Cc1c(NC(=O)c2cnn3c2NC(c2cccs2)CC3C(F)(F)F)c(=O)n(-c2ccccc2)n1C. The number of thiophene rings is 1. The summed E-state index contributed by atoms with van der Waals surface area (Å²) in [4.78, 5) is 27.1. The Labute approximate surface area is 201 Å². The summed E-state index contributed by atoms with van der Waals surface area (Å²) in [5.41, 5.74) is 0.614. The van der Waals surface area contributed by atoms with Crippen LogP contribution in [0.5, 0.6) is 0 Å². The molecular weight excluding hydrogens is 481 g/mol. The minimum Gasteiger partial charge on any atom is -0.362 e. The van der Waals surface area contributed by atoms with Gasteiger partial charge >= 0.3 is 6.18 Å². The van der Waals surface area contributed by atoms with Gasteiger partial charge in [0, 0.05) is 18.3 Å². The first-order chi connectivity index (χ1) is 16.7. The van der Waals surface area contributed by atoms with Crippen molar-refractivity contribution in [2.45, 2.75) is 31.6 Å². The lowest BCUT2D eigenvalue weighted by Gasteiger charge is -2.33. The number of carbonyl (C=O) groups is 1. The molecule has 4 heterocycles. The van der Waals surface area contributed by atoms with Gasteiger partial charge in [-0.1, -0.05) is 24.3 Å². The lowest BCUT2D eigenvalue weighted by molar-refractivity contribution is -0.173. The highest BCUT2D eigenvalue weighted by Gasteiger charge is 2.47. The number of nitrogens with one attached hydrogen (secondary N) is 2. The summed E-state index contributed by atoms with van der Waals surface area (Å²) < 4.78 is 45.4. The zero-order chi connectivity index (χ0) is 24.9. The van der Waals surface area contributed by atoms with Gasteiger partial charge in [-0.3, -0.25) is 14.3 Å². The van der Waals surface area contributed by atoms with Crippen molar-refractivity contribution in [3.63, 3.8) is 0 Å². The first kappa shape index (κ1) is 23.0. The Kier molecular flexibility index (Phi) is 5.55. The number of hydrogen-bond acceptors (Lipinski definition) is 5. The molecule has 2 atom stereocenters. The van der Waals surface area contributed by atoms with E-state index in [-0.39, 0.29) is 23.5 Å². The number of halogens is 3. The van der Waals surface area contributed by atoms with Crippen LogP contribution in [-0.4, -0.2) is 31.2 Å². The van der Waals surface area contributed by atoms with Crippen LogP contribution >= 0.6 is 11.3 Å². The Balaban J connectivity index is 1.51. The zero-order valence-corrected chi connectivity index (χ0v) is 19.5. The van der Waals surface area contributed by atoms with Gasteiger partial charge in [0.25, 0.3) is 11.5 Å². The number of nitrogens with zero attached hydrogens (tertiary/aromatic N) is 4. The van der Waals surface area contributed by atoms with E-state index in [4.69, 9.17) is 0 Å². The van der Waals surface area contributed by atoms with E-state index in [9.17, 15) is 22.8 Å². The molecule has 35 heavy (non-hydrogen) atoms. The fraction of sp³-hybridized carbons (Fsp3) is 0.261. The van der Waals surface area contributed by atoms with Crippen LogP contribution < -0.4 is 16.2 Å². The van der Waals surface area contributed by atoms with Gasteiger partial charge in [-0.25, -0.2) is 9.36 Å². The number of para-hydroxylation sites is 1. The third-order valence-corrected chi connectivity index (χ3v) is 7.15. The fourth-order valence-corrected chi connectivity index (χ4v) is 5.09. The van der Waals surface area contributed by atoms with Gasteiger partial charge in [0.15, 0.2) is 6.04 Å². The standard InChI is InChI=1S/C23H21F3N6O2S/c1-13-19(22(34)32(30(13)2)14-7-4-3-5-8-14)29-21(33)15-12-27-31-18(23(24,25)26)11-16(28-20(15)31)17-9-6-10-35-17/h3-10,12,16,18,28H,11H2,1-2H3,(H,29,33). The third kappa shape index (κ3) is 3.93. The van der Waals surface area contributed by atoms with Crippen molar-refractivity contribution in [3.8, 4) is 5.69 Å². The maximum Gasteiger partial charge on any atom is 0.410 e. The smallest absolute Gasteiger partial charge is 0.362 e. The molecule has 2 N–H and O–H groups in total. The van der Waals surface area contributed by atoms with E-state index in [1.807, 2.05) is 6.07 Å². The highest BCUT2D eigenvalue weighted by atomic mass is 32.1. The van der Waals surface area contributed by atoms with Gasteiger partial charge in [-0.15, -0.1) is 11.3 Å². The van der Waals surface area contributed by atoms with Crippen LogP contribution in [0.4, 0.5) is 24.7 Å². The largest absolute Gasteiger partial charge is 0.410 e. The second-order valence-corrected chi connectivity index (χ2v) is 9.23. The van der Waals surface area contributed by atoms with Gasteiger partial charge in [-0.05, 0) is 30.5 Å². The minimum atomic E-state index is -4.55. The average molecular weight is 503 g/mol. The summed E-state index contributed by atoms with van der Waals surface area (Å²) in [7, 11) is 1.68. The normalized spacial score (nSPS) is 17.6. The highest BCUT2D eigenvalue weighted by molar-refractivity contribution is 7.10. The number of rotatable bonds is 4. The van der Waals surface area contributed by atoms with Crippen LogP contribution in [-0.2, 0) is 7.05 Å². The lowest BCUT2D eigenvalue weighted by Crippen LogP contribution is -2.36. The van der Waals surface area contributed by atoms with E-state index in [0.717, 1.165) is 15.8 Å². The van der Waals surface area contributed by atoms with Gasteiger partial charge in [0.1, 0.15) is 17.1 Å². The lowest BCUT2D eigenvalue weighted by atomic mass is 10.0. The molecule has 0 saturated carbocycles. The van der Waals surface area contributed by atoms with Crippen LogP contribution in [0.3, 0.4) is 0 Å². The molecule has 0 fully saturated rings. The molecule has 1 aromatic carbocycles. The molecule has 2 unspecified atom stereocenters. The van der Waals surface area contributed by atoms with Gasteiger partial charge < -0.3 is 10.6 Å². The van der Waals surface area contributed by atoms with Crippen LogP contribution in [0, 0.1) is 6.92 Å². The first-order valence-electron chi connectivity index (χ1n) is 10.8.